The van der Waals surface area contributed by atoms with Crippen molar-refractivity contribution < 1.29 is 9.32 Å². The Morgan fingerprint density at radius 1 is 0.917 bits per heavy atom. The topological polar surface area (TPSA) is 67.2 Å². The molecule has 2 aromatic carbocycles. The molecule has 0 unspecified atom stereocenters. The maximum absolute atomic E-state index is 12.3. The van der Waals surface area contributed by atoms with Crippen molar-refractivity contribution in [1.29, 1.82) is 0 Å². The molecule has 0 bridgehead atoms. The van der Waals surface area contributed by atoms with Gasteiger partial charge in [0, 0.05) is 23.0 Å². The summed E-state index contributed by atoms with van der Waals surface area (Å²) in [6.45, 7) is 5.86. The Bertz CT molecular complexity index is 867. The van der Waals surface area contributed by atoms with Gasteiger partial charge in [-0.1, -0.05) is 11.2 Å². The smallest absolute Gasteiger partial charge is 0.255 e. The van der Waals surface area contributed by atoms with Crippen molar-refractivity contribution in [3.63, 3.8) is 0 Å². The second-order valence-electron chi connectivity index (χ2n) is 5.78. The monoisotopic (exact) mass is 321 g/mol. The number of aryl methyl sites for hydroxylation is 3. The molecule has 24 heavy (non-hydrogen) atoms. The number of hydrogen-bond acceptors (Lipinski definition) is 4. The first-order valence-electron chi connectivity index (χ1n) is 7.70. The Labute approximate surface area is 140 Å². The van der Waals surface area contributed by atoms with Crippen molar-refractivity contribution in [3.05, 3.63) is 71.0 Å². The Kier molecular flexibility index (Phi) is 4.33. The van der Waals surface area contributed by atoms with E-state index >= 15 is 0 Å². The standard InChI is InChI=1S/C19H19N3O2/c1-12-4-5-15(10-13(12)2)19(23)21-17-8-6-16(7-9-17)20-18-11-14(3)24-22-18/h4-11H,1-3H3,(H,20,22)(H,21,23). The van der Waals surface area contributed by atoms with Crippen LogP contribution in [0.5, 0.6) is 0 Å². The van der Waals surface area contributed by atoms with Crippen molar-refractivity contribution in [1.82, 2.24) is 5.16 Å². The SMILES string of the molecule is Cc1cc(Nc2ccc(NC(=O)c3ccc(C)c(C)c3)cc2)no1. The van der Waals surface area contributed by atoms with Gasteiger partial charge in [0.1, 0.15) is 5.76 Å². The normalized spacial score (nSPS) is 10.5. The lowest BCUT2D eigenvalue weighted by molar-refractivity contribution is 0.102. The summed E-state index contributed by atoms with van der Waals surface area (Å²) in [7, 11) is 0. The Morgan fingerprint density at radius 2 is 1.62 bits per heavy atom. The van der Waals surface area contributed by atoms with Crippen LogP contribution in [0.25, 0.3) is 0 Å². The molecule has 1 heterocycles. The lowest BCUT2D eigenvalue weighted by Gasteiger charge is -2.08. The summed E-state index contributed by atoms with van der Waals surface area (Å²) in [6.07, 6.45) is 0. The molecular weight excluding hydrogens is 302 g/mol. The van der Waals surface area contributed by atoms with E-state index in [1.807, 2.05) is 69.3 Å². The van der Waals surface area contributed by atoms with Crippen molar-refractivity contribution in [2.75, 3.05) is 10.6 Å². The third-order valence-electron chi connectivity index (χ3n) is 3.81. The van der Waals surface area contributed by atoms with E-state index < -0.39 is 0 Å². The van der Waals surface area contributed by atoms with E-state index in [2.05, 4.69) is 15.8 Å². The number of amides is 1. The fraction of sp³-hybridized carbons (Fsp3) is 0.158. The summed E-state index contributed by atoms with van der Waals surface area (Å²) in [5.74, 6) is 1.28. The quantitative estimate of drug-likeness (QED) is 0.737. The average Bonchev–Trinajstić information content (AvgIpc) is 2.97. The largest absolute Gasteiger partial charge is 0.360 e. The molecule has 0 atom stereocenters. The zero-order valence-corrected chi connectivity index (χ0v) is 13.9. The summed E-state index contributed by atoms with van der Waals surface area (Å²) < 4.78 is 5.01. The van der Waals surface area contributed by atoms with Crippen LogP contribution in [0.2, 0.25) is 0 Å². The van der Waals surface area contributed by atoms with Gasteiger partial charge in [-0.05, 0) is 68.3 Å². The molecule has 0 aliphatic carbocycles. The van der Waals surface area contributed by atoms with Gasteiger partial charge >= 0.3 is 0 Å². The van der Waals surface area contributed by atoms with Crippen LogP contribution in [0.3, 0.4) is 0 Å². The Morgan fingerprint density at radius 3 is 2.25 bits per heavy atom. The van der Waals surface area contributed by atoms with Gasteiger partial charge in [0.05, 0.1) is 0 Å². The van der Waals surface area contributed by atoms with Crippen LogP contribution in [0.15, 0.2) is 53.1 Å². The summed E-state index contributed by atoms with van der Waals surface area (Å²) in [5.41, 5.74) is 4.53. The molecule has 5 nitrogen and oxygen atoms in total. The summed E-state index contributed by atoms with van der Waals surface area (Å²) in [6, 6.07) is 14.9. The van der Waals surface area contributed by atoms with Crippen molar-refractivity contribution in [2.24, 2.45) is 0 Å². The second-order valence-corrected chi connectivity index (χ2v) is 5.78. The van der Waals surface area contributed by atoms with Gasteiger partial charge in [-0.15, -0.1) is 0 Å². The van der Waals surface area contributed by atoms with E-state index in [-0.39, 0.29) is 5.91 Å². The highest BCUT2D eigenvalue weighted by Crippen LogP contribution is 2.19. The molecule has 0 aliphatic heterocycles. The first kappa shape index (κ1) is 15.8. The number of rotatable bonds is 4. The van der Waals surface area contributed by atoms with E-state index in [1.54, 1.807) is 0 Å². The van der Waals surface area contributed by atoms with Crippen molar-refractivity contribution >= 4 is 23.1 Å². The number of carbonyl (C=O) groups excluding carboxylic acids is 1. The van der Waals surface area contributed by atoms with Gasteiger partial charge in [-0.2, -0.15) is 0 Å². The van der Waals surface area contributed by atoms with Crippen LogP contribution in [0, 0.1) is 20.8 Å². The fourth-order valence-corrected chi connectivity index (χ4v) is 2.30. The molecule has 2 N–H and O–H groups in total. The molecule has 0 saturated carbocycles. The number of carbonyl (C=O) groups is 1. The second kappa shape index (κ2) is 6.58. The minimum Gasteiger partial charge on any atom is -0.360 e. The number of hydrogen-bond donors (Lipinski definition) is 2. The van der Waals surface area contributed by atoms with Gasteiger partial charge in [0.15, 0.2) is 5.82 Å². The van der Waals surface area contributed by atoms with E-state index in [0.717, 1.165) is 22.7 Å². The van der Waals surface area contributed by atoms with E-state index in [0.29, 0.717) is 11.4 Å². The highest BCUT2D eigenvalue weighted by Gasteiger charge is 2.07. The molecule has 1 amide bonds. The number of nitrogens with one attached hydrogen (secondary N) is 2. The van der Waals surface area contributed by atoms with Gasteiger partial charge < -0.3 is 15.2 Å². The third kappa shape index (κ3) is 3.63. The predicted molar refractivity (Wildman–Crippen MR) is 94.8 cm³/mol. The lowest BCUT2D eigenvalue weighted by atomic mass is 10.1. The molecule has 3 rings (SSSR count). The molecule has 3 aromatic rings. The summed E-state index contributed by atoms with van der Waals surface area (Å²) in [5, 5.41) is 9.91. The Balaban J connectivity index is 1.67. The number of aromatic nitrogens is 1. The predicted octanol–water partition coefficient (Wildman–Crippen LogP) is 4.60. The average molecular weight is 321 g/mol. The highest BCUT2D eigenvalue weighted by atomic mass is 16.5. The lowest BCUT2D eigenvalue weighted by Crippen LogP contribution is -2.12. The van der Waals surface area contributed by atoms with Crippen LogP contribution in [-0.2, 0) is 0 Å². The Hall–Kier alpha value is -3.08. The fourth-order valence-electron chi connectivity index (χ4n) is 2.30. The van der Waals surface area contributed by atoms with Gasteiger partial charge in [0.25, 0.3) is 5.91 Å². The van der Waals surface area contributed by atoms with Crippen LogP contribution < -0.4 is 10.6 Å². The van der Waals surface area contributed by atoms with E-state index in [1.165, 1.54) is 5.56 Å². The summed E-state index contributed by atoms with van der Waals surface area (Å²) >= 11 is 0. The molecule has 0 radical (unpaired) electrons. The molecule has 0 aliphatic rings. The molecule has 1 aromatic heterocycles. The third-order valence-corrected chi connectivity index (χ3v) is 3.81. The minimum atomic E-state index is -0.120. The minimum absolute atomic E-state index is 0.120. The molecular formula is C19H19N3O2. The zero-order valence-electron chi connectivity index (χ0n) is 13.9. The number of anilines is 3. The molecule has 0 saturated heterocycles. The van der Waals surface area contributed by atoms with Crippen molar-refractivity contribution in [2.45, 2.75) is 20.8 Å². The first-order valence-corrected chi connectivity index (χ1v) is 7.70. The molecule has 0 fully saturated rings. The maximum atomic E-state index is 12.3. The highest BCUT2D eigenvalue weighted by molar-refractivity contribution is 6.04. The van der Waals surface area contributed by atoms with E-state index in [4.69, 9.17) is 4.52 Å². The van der Waals surface area contributed by atoms with Crippen LogP contribution in [0.4, 0.5) is 17.2 Å². The number of nitrogens with zero attached hydrogens (tertiary/aromatic N) is 1. The summed E-state index contributed by atoms with van der Waals surface area (Å²) in [4.78, 5) is 12.3. The first-order chi connectivity index (χ1) is 11.5. The number of benzene rings is 2. The van der Waals surface area contributed by atoms with Gasteiger partial charge in [-0.25, -0.2) is 0 Å². The maximum Gasteiger partial charge on any atom is 0.255 e. The van der Waals surface area contributed by atoms with Crippen molar-refractivity contribution in [3.8, 4) is 0 Å². The van der Waals surface area contributed by atoms with Crippen LogP contribution in [-0.4, -0.2) is 11.1 Å². The molecule has 5 heteroatoms. The zero-order chi connectivity index (χ0) is 17.1. The molecule has 0 spiro atoms. The van der Waals surface area contributed by atoms with Gasteiger partial charge in [-0.3, -0.25) is 4.79 Å². The van der Waals surface area contributed by atoms with Crippen LogP contribution >= 0.6 is 0 Å². The van der Waals surface area contributed by atoms with Crippen LogP contribution in [0.1, 0.15) is 27.2 Å². The molecule has 122 valence electrons. The van der Waals surface area contributed by atoms with E-state index in [9.17, 15) is 4.79 Å². The van der Waals surface area contributed by atoms with Gasteiger partial charge in [0.2, 0.25) is 0 Å².